The van der Waals surface area contributed by atoms with Crippen molar-refractivity contribution in [1.29, 1.82) is 0 Å². The van der Waals surface area contributed by atoms with Gasteiger partial charge in [-0.3, -0.25) is 14.2 Å². The molecule has 1 aliphatic rings. The molecule has 1 atom stereocenters. The topological polar surface area (TPSA) is 94.5 Å². The van der Waals surface area contributed by atoms with Gasteiger partial charge in [0.1, 0.15) is 0 Å². The Bertz CT molecular complexity index is 865. The van der Waals surface area contributed by atoms with Crippen LogP contribution in [-0.2, 0) is 11.3 Å². The number of methoxy groups -OCH3 is 2. The molecule has 2 aromatic rings. The van der Waals surface area contributed by atoms with Crippen molar-refractivity contribution < 1.29 is 14.3 Å². The fraction of sp³-hybridized carbons (Fsp3) is 0.526. The number of hydrogen-bond donors (Lipinski definition) is 2. The molecule has 1 aliphatic heterocycles. The zero-order valence-corrected chi connectivity index (χ0v) is 17.0. The first-order valence-corrected chi connectivity index (χ1v) is 9.23. The summed E-state index contributed by atoms with van der Waals surface area (Å²) in [4.78, 5) is 29.0. The number of amides is 1. The molecule has 2 N–H and O–H groups in total. The molecule has 154 valence electrons. The first-order chi connectivity index (χ1) is 13.1. The van der Waals surface area contributed by atoms with Crippen LogP contribution in [0.4, 0.5) is 0 Å². The Morgan fingerprint density at radius 2 is 2.07 bits per heavy atom. The first kappa shape index (κ1) is 22.0. The number of nitrogens with one attached hydrogen (secondary N) is 2. The minimum absolute atomic E-state index is 0. The maximum Gasteiger partial charge on any atom is 0.261 e. The molecule has 8 nitrogen and oxygen atoms in total. The van der Waals surface area contributed by atoms with E-state index in [1.807, 2.05) is 0 Å². The molecule has 0 saturated carbocycles. The second-order valence-corrected chi connectivity index (χ2v) is 6.67. The largest absolute Gasteiger partial charge is 0.493 e. The van der Waals surface area contributed by atoms with Gasteiger partial charge in [0.25, 0.3) is 5.56 Å². The van der Waals surface area contributed by atoms with Crippen LogP contribution >= 0.6 is 12.4 Å². The van der Waals surface area contributed by atoms with Crippen molar-refractivity contribution in [2.24, 2.45) is 0 Å². The normalized spacial score (nSPS) is 15.9. The van der Waals surface area contributed by atoms with E-state index in [-0.39, 0.29) is 23.9 Å². The summed E-state index contributed by atoms with van der Waals surface area (Å²) in [5.74, 6) is 1.03. The van der Waals surface area contributed by atoms with Gasteiger partial charge < -0.3 is 20.1 Å². The summed E-state index contributed by atoms with van der Waals surface area (Å²) in [5.41, 5.74) is 0.396. The van der Waals surface area contributed by atoms with Crippen LogP contribution < -0.4 is 25.7 Å². The van der Waals surface area contributed by atoms with Crippen molar-refractivity contribution in [3.8, 4) is 11.5 Å². The standard InChI is InChI=1S/C19H26N4O4.ClH/c1-26-16-9-14-15(10-17(16)27-2)22-12-23(19(14)25)8-4-6-18(24)21-11-13-5-3-7-20-13;/h9-10,12-13,20H,3-8,11H2,1-2H3,(H,21,24);1H. The molecule has 0 spiro atoms. The molecule has 3 rings (SSSR count). The van der Waals surface area contributed by atoms with Crippen LogP contribution in [0.1, 0.15) is 25.7 Å². The number of aryl methyl sites for hydroxylation is 1. The number of carbonyl (C=O) groups is 1. The van der Waals surface area contributed by atoms with Crippen LogP contribution in [0.15, 0.2) is 23.3 Å². The highest BCUT2D eigenvalue weighted by atomic mass is 35.5. The molecule has 0 radical (unpaired) electrons. The molecule has 9 heteroatoms. The van der Waals surface area contributed by atoms with Crippen LogP contribution in [0, 0.1) is 0 Å². The quantitative estimate of drug-likeness (QED) is 0.684. The smallest absolute Gasteiger partial charge is 0.261 e. The number of nitrogens with zero attached hydrogens (tertiary/aromatic N) is 2. The summed E-state index contributed by atoms with van der Waals surface area (Å²) < 4.78 is 12.0. The zero-order chi connectivity index (χ0) is 19.2. The lowest BCUT2D eigenvalue weighted by molar-refractivity contribution is -0.121. The van der Waals surface area contributed by atoms with E-state index in [4.69, 9.17) is 9.47 Å². The maximum absolute atomic E-state index is 12.7. The molecule has 1 fully saturated rings. The van der Waals surface area contributed by atoms with Crippen molar-refractivity contribution >= 4 is 29.2 Å². The third kappa shape index (κ3) is 5.14. The number of carbonyl (C=O) groups excluding carboxylic acids is 1. The highest BCUT2D eigenvalue weighted by Gasteiger charge is 2.15. The average Bonchev–Trinajstić information content (AvgIpc) is 3.21. The van der Waals surface area contributed by atoms with Gasteiger partial charge in [0, 0.05) is 31.6 Å². The van der Waals surface area contributed by atoms with E-state index in [1.165, 1.54) is 18.0 Å². The van der Waals surface area contributed by atoms with Crippen LogP contribution in [0.5, 0.6) is 11.5 Å². The number of ether oxygens (including phenoxy) is 2. The lowest BCUT2D eigenvalue weighted by Crippen LogP contribution is -2.37. The summed E-state index contributed by atoms with van der Waals surface area (Å²) in [6.07, 6.45) is 4.73. The molecule has 1 amide bonds. The number of rotatable bonds is 8. The van der Waals surface area contributed by atoms with E-state index in [0.717, 1.165) is 19.4 Å². The van der Waals surface area contributed by atoms with Crippen molar-refractivity contribution in [3.05, 3.63) is 28.8 Å². The monoisotopic (exact) mass is 410 g/mol. The highest BCUT2D eigenvalue weighted by molar-refractivity contribution is 5.85. The number of halogens is 1. The molecule has 1 aromatic carbocycles. The van der Waals surface area contributed by atoms with Crippen molar-refractivity contribution in [1.82, 2.24) is 20.2 Å². The molecule has 2 heterocycles. The molecule has 1 aromatic heterocycles. The highest BCUT2D eigenvalue weighted by Crippen LogP contribution is 2.29. The van der Waals surface area contributed by atoms with Gasteiger partial charge in [-0.05, 0) is 31.9 Å². The molecule has 28 heavy (non-hydrogen) atoms. The Morgan fingerprint density at radius 1 is 1.32 bits per heavy atom. The number of hydrogen-bond acceptors (Lipinski definition) is 6. The van der Waals surface area contributed by atoms with E-state index < -0.39 is 0 Å². The lowest BCUT2D eigenvalue weighted by atomic mass is 10.2. The fourth-order valence-electron chi connectivity index (χ4n) is 3.31. The van der Waals surface area contributed by atoms with Gasteiger partial charge in [-0.25, -0.2) is 4.98 Å². The average molecular weight is 411 g/mol. The molecule has 0 bridgehead atoms. The van der Waals surface area contributed by atoms with Gasteiger partial charge in [0.15, 0.2) is 11.5 Å². The number of fused-ring (bicyclic) bond motifs is 1. The maximum atomic E-state index is 12.7. The van der Waals surface area contributed by atoms with Gasteiger partial charge in [-0.15, -0.1) is 12.4 Å². The van der Waals surface area contributed by atoms with E-state index in [2.05, 4.69) is 15.6 Å². The predicted octanol–water partition coefficient (Wildman–Crippen LogP) is 1.48. The van der Waals surface area contributed by atoms with Crippen molar-refractivity contribution in [2.75, 3.05) is 27.3 Å². The third-order valence-electron chi connectivity index (χ3n) is 4.84. The summed E-state index contributed by atoms with van der Waals surface area (Å²) in [6, 6.07) is 3.71. The Hall–Kier alpha value is -2.32. The van der Waals surface area contributed by atoms with Gasteiger partial charge in [-0.1, -0.05) is 0 Å². The Balaban J connectivity index is 0.00000280. The summed E-state index contributed by atoms with van der Waals surface area (Å²) in [6.45, 7) is 2.12. The summed E-state index contributed by atoms with van der Waals surface area (Å²) in [5, 5.41) is 6.76. The lowest BCUT2D eigenvalue weighted by Gasteiger charge is -2.12. The van der Waals surface area contributed by atoms with Crippen LogP contribution in [-0.4, -0.2) is 48.8 Å². The summed E-state index contributed by atoms with van der Waals surface area (Å²) in [7, 11) is 3.07. The second kappa shape index (κ2) is 10.3. The Labute approximate surface area is 170 Å². The van der Waals surface area contributed by atoms with Crippen LogP contribution in [0.2, 0.25) is 0 Å². The SMILES string of the molecule is COc1cc2ncn(CCCC(=O)NCC3CCCN3)c(=O)c2cc1OC.Cl. The molecule has 1 saturated heterocycles. The second-order valence-electron chi connectivity index (χ2n) is 6.67. The van der Waals surface area contributed by atoms with Crippen LogP contribution in [0.25, 0.3) is 10.9 Å². The molecule has 1 unspecified atom stereocenters. The number of aromatic nitrogens is 2. The molecule has 0 aliphatic carbocycles. The van der Waals surface area contributed by atoms with Crippen molar-refractivity contribution in [2.45, 2.75) is 38.3 Å². The minimum Gasteiger partial charge on any atom is -0.493 e. The zero-order valence-electron chi connectivity index (χ0n) is 16.2. The van der Waals surface area contributed by atoms with Crippen LogP contribution in [0.3, 0.4) is 0 Å². The Morgan fingerprint density at radius 3 is 2.75 bits per heavy atom. The third-order valence-corrected chi connectivity index (χ3v) is 4.84. The van der Waals surface area contributed by atoms with Gasteiger partial charge in [0.05, 0.1) is 31.4 Å². The van der Waals surface area contributed by atoms with E-state index in [9.17, 15) is 9.59 Å². The van der Waals surface area contributed by atoms with Gasteiger partial charge in [0.2, 0.25) is 5.91 Å². The number of benzene rings is 1. The fourth-order valence-corrected chi connectivity index (χ4v) is 3.31. The Kier molecular flexibility index (Phi) is 8.07. The van der Waals surface area contributed by atoms with Gasteiger partial charge >= 0.3 is 0 Å². The first-order valence-electron chi connectivity index (χ1n) is 9.23. The van der Waals surface area contributed by atoms with E-state index in [0.29, 0.717) is 54.4 Å². The molecular formula is C19H27ClN4O4. The van der Waals surface area contributed by atoms with E-state index >= 15 is 0 Å². The summed E-state index contributed by atoms with van der Waals surface area (Å²) >= 11 is 0. The predicted molar refractivity (Wildman–Crippen MR) is 110 cm³/mol. The van der Waals surface area contributed by atoms with Gasteiger partial charge in [-0.2, -0.15) is 0 Å². The van der Waals surface area contributed by atoms with Crippen molar-refractivity contribution in [3.63, 3.8) is 0 Å². The minimum atomic E-state index is -0.156. The van der Waals surface area contributed by atoms with E-state index in [1.54, 1.807) is 19.2 Å². The molecular weight excluding hydrogens is 384 g/mol.